The van der Waals surface area contributed by atoms with Gasteiger partial charge in [-0.15, -0.1) is 0 Å². The van der Waals surface area contributed by atoms with E-state index in [0.717, 1.165) is 24.2 Å². The van der Waals surface area contributed by atoms with Gasteiger partial charge in [0.2, 0.25) is 0 Å². The van der Waals surface area contributed by atoms with E-state index in [2.05, 4.69) is 35.1 Å². The first-order valence-corrected chi connectivity index (χ1v) is 7.21. The molecule has 3 rings (SSSR count). The number of amides is 1. The lowest BCUT2D eigenvalue weighted by Crippen LogP contribution is -2.36. The van der Waals surface area contributed by atoms with Gasteiger partial charge in [-0.2, -0.15) is 0 Å². The van der Waals surface area contributed by atoms with Crippen LogP contribution >= 0.6 is 0 Å². The predicted octanol–water partition coefficient (Wildman–Crippen LogP) is 2.46. The average Bonchev–Trinajstić information content (AvgIpc) is 2.94. The molecule has 1 aromatic carbocycles. The number of rotatable bonds is 3. The first kappa shape index (κ1) is 13.7. The van der Waals surface area contributed by atoms with Crippen molar-refractivity contribution in [2.45, 2.75) is 26.3 Å². The van der Waals surface area contributed by atoms with Gasteiger partial charge < -0.3 is 14.6 Å². The summed E-state index contributed by atoms with van der Waals surface area (Å²) in [6.45, 7) is 3.69. The molecule has 0 saturated heterocycles. The van der Waals surface area contributed by atoms with Crippen LogP contribution in [0.1, 0.15) is 22.5 Å². The minimum atomic E-state index is -0.247. The van der Waals surface area contributed by atoms with Crippen LogP contribution in [0.15, 0.2) is 30.6 Å². The number of imidazole rings is 1. The summed E-state index contributed by atoms with van der Waals surface area (Å²) in [6, 6.07) is 8.26. The number of H-pyrrole nitrogens is 1. The molecule has 0 bridgehead atoms. The van der Waals surface area contributed by atoms with E-state index in [0.29, 0.717) is 19.7 Å². The maximum atomic E-state index is 12.1. The Morgan fingerprint density at radius 3 is 3.24 bits per heavy atom. The zero-order valence-corrected chi connectivity index (χ0v) is 12.1. The highest BCUT2D eigenvalue weighted by atomic mass is 16.6. The molecule has 1 N–H and O–H groups in total. The molecule has 1 aliphatic rings. The molecule has 1 aromatic heterocycles. The maximum absolute atomic E-state index is 12.1. The van der Waals surface area contributed by atoms with Crippen molar-refractivity contribution < 1.29 is 9.53 Å². The predicted molar refractivity (Wildman–Crippen MR) is 78.9 cm³/mol. The maximum Gasteiger partial charge on any atom is 0.410 e. The number of nitrogens with zero attached hydrogens (tertiary/aromatic N) is 2. The molecule has 2 aromatic rings. The van der Waals surface area contributed by atoms with Gasteiger partial charge in [-0.25, -0.2) is 9.78 Å². The highest BCUT2D eigenvalue weighted by molar-refractivity contribution is 5.68. The molecule has 1 amide bonds. The molecule has 110 valence electrons. The Kier molecular flexibility index (Phi) is 3.90. The number of carbonyl (C=O) groups is 1. The molecule has 0 radical (unpaired) electrons. The number of aryl methyl sites for hydroxylation is 1. The molecule has 5 heteroatoms. The lowest BCUT2D eigenvalue weighted by Gasteiger charge is -2.25. The van der Waals surface area contributed by atoms with Crippen LogP contribution in [0, 0.1) is 6.92 Å². The largest absolute Gasteiger partial charge is 0.449 e. The Bertz CT molecular complexity index is 636. The van der Waals surface area contributed by atoms with Crippen LogP contribution in [0.5, 0.6) is 0 Å². The summed E-state index contributed by atoms with van der Waals surface area (Å²) in [7, 11) is 0. The second-order valence-electron chi connectivity index (χ2n) is 5.35. The normalized spacial score (nSPS) is 13.9. The van der Waals surface area contributed by atoms with Gasteiger partial charge in [0.1, 0.15) is 0 Å². The molecule has 0 spiro atoms. The number of hydrogen-bond donors (Lipinski definition) is 1. The highest BCUT2D eigenvalue weighted by Gasteiger charge is 2.23. The van der Waals surface area contributed by atoms with Crippen molar-refractivity contribution in [1.82, 2.24) is 14.9 Å². The second kappa shape index (κ2) is 5.99. The Labute approximate surface area is 124 Å². The number of aromatic nitrogens is 2. The van der Waals surface area contributed by atoms with E-state index in [1.807, 2.05) is 6.07 Å². The number of carbonyl (C=O) groups excluding carboxylic acids is 1. The molecule has 0 aliphatic carbocycles. The molecule has 0 atom stereocenters. The Hall–Kier alpha value is -2.30. The van der Waals surface area contributed by atoms with Crippen LogP contribution in [0.2, 0.25) is 0 Å². The molecule has 5 nitrogen and oxygen atoms in total. The summed E-state index contributed by atoms with van der Waals surface area (Å²) in [5.74, 6) is 0. The van der Waals surface area contributed by atoms with E-state index in [1.54, 1.807) is 11.2 Å². The molecule has 0 saturated carbocycles. The SMILES string of the molecule is Cc1cccc(CCOC(=O)N2CCc3nc[nH]c3C2)c1. The van der Waals surface area contributed by atoms with Gasteiger partial charge in [-0.3, -0.25) is 0 Å². The zero-order chi connectivity index (χ0) is 14.7. The number of benzene rings is 1. The van der Waals surface area contributed by atoms with E-state index in [9.17, 15) is 4.79 Å². The summed E-state index contributed by atoms with van der Waals surface area (Å²) >= 11 is 0. The molecule has 2 heterocycles. The molecule has 0 unspecified atom stereocenters. The topological polar surface area (TPSA) is 58.2 Å². The van der Waals surface area contributed by atoms with Gasteiger partial charge in [-0.05, 0) is 12.5 Å². The van der Waals surface area contributed by atoms with E-state index >= 15 is 0 Å². The second-order valence-corrected chi connectivity index (χ2v) is 5.35. The van der Waals surface area contributed by atoms with Crippen molar-refractivity contribution in [3.63, 3.8) is 0 Å². The van der Waals surface area contributed by atoms with Crippen LogP contribution in [0.3, 0.4) is 0 Å². The van der Waals surface area contributed by atoms with Crippen LogP contribution in [-0.2, 0) is 24.1 Å². The van der Waals surface area contributed by atoms with Crippen molar-refractivity contribution in [2.75, 3.05) is 13.2 Å². The summed E-state index contributed by atoms with van der Waals surface area (Å²) in [4.78, 5) is 21.1. The highest BCUT2D eigenvalue weighted by Crippen LogP contribution is 2.15. The molecule has 1 aliphatic heterocycles. The standard InChI is InChI=1S/C16H19N3O2/c1-12-3-2-4-13(9-12)6-8-21-16(20)19-7-5-14-15(10-19)18-11-17-14/h2-4,9,11H,5-8,10H2,1H3,(H,17,18). The number of aromatic amines is 1. The van der Waals surface area contributed by atoms with Gasteiger partial charge in [-0.1, -0.05) is 29.8 Å². The van der Waals surface area contributed by atoms with E-state index in [1.165, 1.54) is 11.1 Å². The fraction of sp³-hybridized carbons (Fsp3) is 0.375. The minimum Gasteiger partial charge on any atom is -0.449 e. The van der Waals surface area contributed by atoms with Crippen LogP contribution in [0.4, 0.5) is 4.79 Å². The smallest absolute Gasteiger partial charge is 0.410 e. The summed E-state index contributed by atoms with van der Waals surface area (Å²) in [5, 5.41) is 0. The van der Waals surface area contributed by atoms with Crippen molar-refractivity contribution in [2.24, 2.45) is 0 Å². The Balaban J connectivity index is 1.49. The van der Waals surface area contributed by atoms with Gasteiger partial charge in [0.25, 0.3) is 0 Å². The van der Waals surface area contributed by atoms with Gasteiger partial charge in [0.05, 0.1) is 30.9 Å². The third-order valence-electron chi connectivity index (χ3n) is 3.73. The summed E-state index contributed by atoms with van der Waals surface area (Å²) < 4.78 is 5.37. The van der Waals surface area contributed by atoms with Crippen LogP contribution in [0.25, 0.3) is 0 Å². The van der Waals surface area contributed by atoms with Crippen molar-refractivity contribution in [3.8, 4) is 0 Å². The summed E-state index contributed by atoms with van der Waals surface area (Å²) in [5.41, 5.74) is 4.48. The Morgan fingerprint density at radius 2 is 2.38 bits per heavy atom. The quantitative estimate of drug-likeness (QED) is 0.942. The molecule has 0 fully saturated rings. The van der Waals surface area contributed by atoms with Crippen molar-refractivity contribution in [1.29, 1.82) is 0 Å². The van der Waals surface area contributed by atoms with Gasteiger partial charge in [0, 0.05) is 19.4 Å². The molecular weight excluding hydrogens is 266 g/mol. The van der Waals surface area contributed by atoms with E-state index < -0.39 is 0 Å². The fourth-order valence-corrected chi connectivity index (χ4v) is 2.58. The lowest BCUT2D eigenvalue weighted by atomic mass is 10.1. The van der Waals surface area contributed by atoms with Crippen LogP contribution < -0.4 is 0 Å². The summed E-state index contributed by atoms with van der Waals surface area (Å²) in [6.07, 6.45) is 2.96. The number of nitrogens with one attached hydrogen (secondary N) is 1. The van der Waals surface area contributed by atoms with Crippen LogP contribution in [-0.4, -0.2) is 34.1 Å². The van der Waals surface area contributed by atoms with E-state index in [-0.39, 0.29) is 6.09 Å². The first-order valence-electron chi connectivity index (χ1n) is 7.21. The molecular formula is C16H19N3O2. The van der Waals surface area contributed by atoms with E-state index in [4.69, 9.17) is 4.74 Å². The number of ether oxygens (including phenoxy) is 1. The first-order chi connectivity index (χ1) is 10.2. The van der Waals surface area contributed by atoms with Crippen molar-refractivity contribution >= 4 is 6.09 Å². The van der Waals surface area contributed by atoms with Crippen molar-refractivity contribution in [3.05, 3.63) is 53.1 Å². The monoisotopic (exact) mass is 285 g/mol. The number of fused-ring (bicyclic) bond motifs is 1. The lowest BCUT2D eigenvalue weighted by molar-refractivity contribution is 0.0981. The minimum absolute atomic E-state index is 0.247. The van der Waals surface area contributed by atoms with Gasteiger partial charge in [0.15, 0.2) is 0 Å². The zero-order valence-electron chi connectivity index (χ0n) is 12.1. The average molecular weight is 285 g/mol. The fourth-order valence-electron chi connectivity index (χ4n) is 2.58. The Morgan fingerprint density at radius 1 is 1.48 bits per heavy atom. The third-order valence-corrected chi connectivity index (χ3v) is 3.73. The molecule has 21 heavy (non-hydrogen) atoms. The third kappa shape index (κ3) is 3.24. The van der Waals surface area contributed by atoms with Gasteiger partial charge >= 0.3 is 6.09 Å². The number of hydrogen-bond acceptors (Lipinski definition) is 3.